The van der Waals surface area contributed by atoms with Crippen LogP contribution in [0.3, 0.4) is 0 Å². The first kappa shape index (κ1) is 23.8. The average Bonchev–Trinajstić information content (AvgIpc) is 3.13. The molecule has 8 nitrogen and oxygen atoms in total. The van der Waals surface area contributed by atoms with Gasteiger partial charge in [-0.2, -0.15) is 0 Å². The van der Waals surface area contributed by atoms with E-state index in [4.69, 9.17) is 14.2 Å². The van der Waals surface area contributed by atoms with Gasteiger partial charge in [-0.15, -0.1) is 0 Å². The van der Waals surface area contributed by atoms with Gasteiger partial charge in [-0.3, -0.25) is 14.5 Å². The van der Waals surface area contributed by atoms with Crippen LogP contribution >= 0.6 is 0 Å². The molecule has 1 atom stereocenters. The number of benzene rings is 2. The van der Waals surface area contributed by atoms with Gasteiger partial charge in [0, 0.05) is 31.7 Å². The van der Waals surface area contributed by atoms with E-state index in [1.165, 1.54) is 0 Å². The monoisotopic (exact) mass is 466 g/mol. The molecule has 8 heteroatoms. The van der Waals surface area contributed by atoms with Gasteiger partial charge < -0.3 is 24.2 Å². The summed E-state index contributed by atoms with van der Waals surface area (Å²) in [6.45, 7) is 6.29. The van der Waals surface area contributed by atoms with E-state index in [1.54, 1.807) is 36.3 Å². The van der Waals surface area contributed by atoms with E-state index in [-0.39, 0.29) is 11.3 Å². The topological polar surface area (TPSA) is 88.5 Å². The van der Waals surface area contributed by atoms with E-state index in [0.717, 1.165) is 18.7 Å². The number of amides is 1. The lowest BCUT2D eigenvalue weighted by molar-refractivity contribution is -0.140. The zero-order chi connectivity index (χ0) is 24.1. The van der Waals surface area contributed by atoms with E-state index in [1.807, 2.05) is 31.2 Å². The van der Waals surface area contributed by atoms with Gasteiger partial charge in [0.05, 0.1) is 38.5 Å². The Morgan fingerprint density at radius 1 is 1.00 bits per heavy atom. The molecule has 2 aromatic carbocycles. The van der Waals surface area contributed by atoms with Crippen molar-refractivity contribution < 1.29 is 28.9 Å². The number of aliphatic hydroxyl groups is 1. The molecule has 0 bridgehead atoms. The highest BCUT2D eigenvalue weighted by Crippen LogP contribution is 2.39. The molecule has 2 heterocycles. The van der Waals surface area contributed by atoms with Crippen LogP contribution in [0.25, 0.3) is 5.76 Å². The third-order valence-corrected chi connectivity index (χ3v) is 6.17. The summed E-state index contributed by atoms with van der Waals surface area (Å²) >= 11 is 0. The van der Waals surface area contributed by atoms with E-state index in [2.05, 4.69) is 4.90 Å². The summed E-state index contributed by atoms with van der Waals surface area (Å²) < 4.78 is 16.1. The van der Waals surface area contributed by atoms with Crippen LogP contribution in [0.5, 0.6) is 11.5 Å². The van der Waals surface area contributed by atoms with Crippen LogP contribution < -0.4 is 9.47 Å². The van der Waals surface area contributed by atoms with Crippen LogP contribution in [0.4, 0.5) is 0 Å². The summed E-state index contributed by atoms with van der Waals surface area (Å²) in [5, 5.41) is 11.2. The largest absolute Gasteiger partial charge is 0.507 e. The van der Waals surface area contributed by atoms with Crippen LogP contribution in [0.2, 0.25) is 0 Å². The molecule has 1 amide bonds. The normalized spacial score (nSPS) is 20.5. The molecular weight excluding hydrogens is 436 g/mol. The minimum Gasteiger partial charge on any atom is -0.507 e. The van der Waals surface area contributed by atoms with Crippen molar-refractivity contribution in [2.24, 2.45) is 0 Å². The van der Waals surface area contributed by atoms with Crippen LogP contribution in [0, 0.1) is 0 Å². The quantitative estimate of drug-likeness (QED) is 0.364. The van der Waals surface area contributed by atoms with Crippen LogP contribution in [-0.2, 0) is 14.3 Å². The molecule has 2 aliphatic heterocycles. The Bertz CT molecular complexity index is 1040. The minimum atomic E-state index is -0.696. The predicted molar refractivity (Wildman–Crippen MR) is 127 cm³/mol. The van der Waals surface area contributed by atoms with Crippen molar-refractivity contribution >= 4 is 17.4 Å². The van der Waals surface area contributed by atoms with Gasteiger partial charge in [-0.1, -0.05) is 12.1 Å². The molecular formula is C26H30N2O6. The lowest BCUT2D eigenvalue weighted by atomic mass is 9.95. The molecule has 1 unspecified atom stereocenters. The summed E-state index contributed by atoms with van der Waals surface area (Å²) in [5.41, 5.74) is 1.27. The molecule has 0 aliphatic carbocycles. The van der Waals surface area contributed by atoms with Crippen molar-refractivity contribution in [1.82, 2.24) is 9.80 Å². The minimum absolute atomic E-state index is 0.0845. The maximum absolute atomic E-state index is 13.2. The van der Waals surface area contributed by atoms with Gasteiger partial charge in [-0.05, 0) is 48.9 Å². The SMILES string of the molecule is CCOc1ccc(C2C(=C(O)c3ccc(OC)cc3)C(=O)C(=O)N2CCN2CCOCC2)cc1. The zero-order valence-corrected chi connectivity index (χ0v) is 19.5. The Balaban J connectivity index is 1.71. The van der Waals surface area contributed by atoms with Gasteiger partial charge in [-0.25, -0.2) is 0 Å². The maximum atomic E-state index is 13.2. The standard InChI is InChI=1S/C26H30N2O6/c1-3-34-21-10-4-18(5-11-21)23-22(24(29)19-6-8-20(32-2)9-7-19)25(30)26(31)28(23)13-12-27-14-16-33-17-15-27/h4-11,23,29H,3,12-17H2,1-2H3. The second-order valence-corrected chi connectivity index (χ2v) is 8.18. The molecule has 2 aromatic rings. The van der Waals surface area contributed by atoms with E-state index >= 15 is 0 Å². The number of ether oxygens (including phenoxy) is 3. The predicted octanol–water partition coefficient (Wildman–Crippen LogP) is 2.85. The number of aliphatic hydroxyl groups excluding tert-OH is 1. The second kappa shape index (κ2) is 10.7. The number of nitrogens with zero attached hydrogens (tertiary/aromatic N) is 2. The lowest BCUT2D eigenvalue weighted by Gasteiger charge is -2.31. The first-order chi connectivity index (χ1) is 16.5. The lowest BCUT2D eigenvalue weighted by Crippen LogP contribution is -2.42. The molecule has 0 saturated carbocycles. The summed E-state index contributed by atoms with van der Waals surface area (Å²) in [6.07, 6.45) is 0. The molecule has 4 rings (SSSR count). The first-order valence-corrected chi connectivity index (χ1v) is 11.5. The molecule has 180 valence electrons. The second-order valence-electron chi connectivity index (χ2n) is 8.18. The fraction of sp³-hybridized carbons (Fsp3) is 0.385. The zero-order valence-electron chi connectivity index (χ0n) is 19.5. The van der Waals surface area contributed by atoms with E-state index in [0.29, 0.717) is 50.0 Å². The van der Waals surface area contributed by atoms with Crippen LogP contribution in [0.1, 0.15) is 24.1 Å². The highest BCUT2D eigenvalue weighted by molar-refractivity contribution is 6.46. The summed E-state index contributed by atoms with van der Waals surface area (Å²) in [6, 6.07) is 13.4. The number of likely N-dealkylation sites (tertiary alicyclic amines) is 1. The Morgan fingerprint density at radius 3 is 2.26 bits per heavy atom. The number of ketones is 1. The van der Waals surface area contributed by atoms with Gasteiger partial charge in [0.25, 0.3) is 11.7 Å². The third kappa shape index (κ3) is 4.93. The summed E-state index contributed by atoms with van der Waals surface area (Å²) in [7, 11) is 1.56. The van der Waals surface area contributed by atoms with Crippen LogP contribution in [0.15, 0.2) is 54.1 Å². The number of carbonyl (C=O) groups is 2. The van der Waals surface area contributed by atoms with E-state index in [9.17, 15) is 14.7 Å². The number of Topliss-reactive ketones (excluding diaryl/α,β-unsaturated/α-hetero) is 1. The van der Waals surface area contributed by atoms with Crippen LogP contribution in [-0.4, -0.2) is 79.7 Å². The van der Waals surface area contributed by atoms with Gasteiger partial charge in [0.15, 0.2) is 0 Å². The Morgan fingerprint density at radius 2 is 1.65 bits per heavy atom. The molecule has 1 N–H and O–H groups in total. The molecule has 0 spiro atoms. The number of morpholine rings is 1. The van der Waals surface area contributed by atoms with Crippen molar-refractivity contribution in [1.29, 1.82) is 0 Å². The fourth-order valence-electron chi connectivity index (χ4n) is 4.35. The van der Waals surface area contributed by atoms with Crippen molar-refractivity contribution in [3.8, 4) is 11.5 Å². The van der Waals surface area contributed by atoms with Gasteiger partial charge in [0.1, 0.15) is 17.3 Å². The number of carbonyl (C=O) groups excluding carboxylic acids is 2. The van der Waals surface area contributed by atoms with Gasteiger partial charge >= 0.3 is 0 Å². The number of hydrogen-bond donors (Lipinski definition) is 1. The highest BCUT2D eigenvalue weighted by atomic mass is 16.5. The Labute approximate surface area is 199 Å². The maximum Gasteiger partial charge on any atom is 0.295 e. The third-order valence-electron chi connectivity index (χ3n) is 6.17. The molecule has 2 aliphatic rings. The number of rotatable bonds is 8. The smallest absolute Gasteiger partial charge is 0.295 e. The number of methoxy groups -OCH3 is 1. The van der Waals surface area contributed by atoms with Crippen molar-refractivity contribution in [2.75, 3.05) is 53.1 Å². The van der Waals surface area contributed by atoms with E-state index < -0.39 is 17.7 Å². The van der Waals surface area contributed by atoms with Crippen molar-refractivity contribution in [2.45, 2.75) is 13.0 Å². The fourth-order valence-corrected chi connectivity index (χ4v) is 4.35. The summed E-state index contributed by atoms with van der Waals surface area (Å²) in [4.78, 5) is 30.1. The van der Waals surface area contributed by atoms with Crippen molar-refractivity contribution in [3.05, 3.63) is 65.2 Å². The first-order valence-electron chi connectivity index (χ1n) is 11.5. The molecule has 34 heavy (non-hydrogen) atoms. The Hall–Kier alpha value is -3.36. The summed E-state index contributed by atoms with van der Waals surface area (Å²) in [5.74, 6) is -0.164. The highest BCUT2D eigenvalue weighted by Gasteiger charge is 2.46. The van der Waals surface area contributed by atoms with Gasteiger partial charge in [0.2, 0.25) is 0 Å². The van der Waals surface area contributed by atoms with Crippen molar-refractivity contribution in [3.63, 3.8) is 0 Å². The molecule has 2 fully saturated rings. The molecule has 2 saturated heterocycles. The number of hydrogen-bond acceptors (Lipinski definition) is 7. The molecule has 0 aromatic heterocycles. The molecule has 0 radical (unpaired) electrons. The average molecular weight is 467 g/mol. The Kier molecular flexibility index (Phi) is 7.49.